The zero-order valence-electron chi connectivity index (χ0n) is 11.1. The second-order valence-corrected chi connectivity index (χ2v) is 6.63. The molecule has 1 aliphatic carbocycles. The molecule has 1 saturated carbocycles. The number of carbonyl (C=O) groups is 1. The Morgan fingerprint density at radius 1 is 1.32 bits per heavy atom. The predicted molar refractivity (Wildman–Crippen MR) is 82.9 cm³/mol. The van der Waals surface area contributed by atoms with Gasteiger partial charge in [0.1, 0.15) is 0 Å². The third-order valence-corrected chi connectivity index (χ3v) is 4.80. The monoisotopic (exact) mass is 343 g/mol. The summed E-state index contributed by atoms with van der Waals surface area (Å²) < 4.78 is 0.838. The molecule has 1 aromatic rings. The Kier molecular flexibility index (Phi) is 5.28. The van der Waals surface area contributed by atoms with Crippen LogP contribution in [0.2, 0.25) is 0 Å². The van der Waals surface area contributed by atoms with Gasteiger partial charge in [0, 0.05) is 10.5 Å². The summed E-state index contributed by atoms with van der Waals surface area (Å²) in [7, 11) is 0. The van der Waals surface area contributed by atoms with Crippen LogP contribution in [0.4, 0.5) is 0 Å². The number of alkyl halides is 1. The van der Waals surface area contributed by atoms with E-state index >= 15 is 0 Å². The van der Waals surface area contributed by atoms with Gasteiger partial charge in [0.05, 0.1) is 10.9 Å². The molecular weight excluding hydrogens is 326 g/mol. The van der Waals surface area contributed by atoms with E-state index in [1.54, 1.807) is 0 Å². The number of rotatable bonds is 2. The van der Waals surface area contributed by atoms with Gasteiger partial charge in [0.25, 0.3) is 5.91 Å². The van der Waals surface area contributed by atoms with Crippen LogP contribution in [0.1, 0.15) is 48.0 Å². The smallest absolute Gasteiger partial charge is 0.252 e. The molecule has 0 spiro atoms. The second-order valence-electron chi connectivity index (χ2n) is 5.22. The molecule has 0 radical (unpaired) electrons. The van der Waals surface area contributed by atoms with E-state index in [1.807, 2.05) is 25.1 Å². The molecule has 0 heterocycles. The zero-order chi connectivity index (χ0) is 13.8. The summed E-state index contributed by atoms with van der Waals surface area (Å²) in [6.07, 6.45) is 5.48. The van der Waals surface area contributed by atoms with Crippen molar-refractivity contribution in [3.8, 4) is 0 Å². The van der Waals surface area contributed by atoms with E-state index in [-0.39, 0.29) is 17.3 Å². The predicted octanol–water partition coefficient (Wildman–Crippen LogP) is 4.43. The van der Waals surface area contributed by atoms with Gasteiger partial charge in [0.15, 0.2) is 0 Å². The normalized spacial score (nSPS) is 23.7. The quantitative estimate of drug-likeness (QED) is 0.624. The van der Waals surface area contributed by atoms with Crippen LogP contribution in [0.25, 0.3) is 0 Å². The Morgan fingerprint density at radius 3 is 2.79 bits per heavy atom. The van der Waals surface area contributed by atoms with Crippen molar-refractivity contribution in [2.24, 2.45) is 0 Å². The van der Waals surface area contributed by atoms with Crippen LogP contribution < -0.4 is 5.32 Å². The minimum Gasteiger partial charge on any atom is -0.348 e. The maximum Gasteiger partial charge on any atom is 0.252 e. The molecule has 2 atom stereocenters. The summed E-state index contributed by atoms with van der Waals surface area (Å²) in [5.74, 6) is -0.0376. The summed E-state index contributed by atoms with van der Waals surface area (Å²) >= 11 is 9.81. The lowest BCUT2D eigenvalue weighted by Gasteiger charge is -2.21. The van der Waals surface area contributed by atoms with Gasteiger partial charge >= 0.3 is 0 Å². The van der Waals surface area contributed by atoms with E-state index in [4.69, 9.17) is 11.6 Å². The summed E-state index contributed by atoms with van der Waals surface area (Å²) in [6.45, 7) is 2.01. The van der Waals surface area contributed by atoms with Crippen molar-refractivity contribution in [2.45, 2.75) is 50.4 Å². The minimum atomic E-state index is -0.0376. The molecule has 0 aromatic heterocycles. The number of carbonyl (C=O) groups excluding carboxylic acids is 1. The second kappa shape index (κ2) is 6.76. The Labute approximate surface area is 128 Å². The van der Waals surface area contributed by atoms with Crippen molar-refractivity contribution in [1.82, 2.24) is 5.32 Å². The molecule has 2 unspecified atom stereocenters. The van der Waals surface area contributed by atoms with E-state index in [9.17, 15) is 4.79 Å². The van der Waals surface area contributed by atoms with E-state index in [1.165, 1.54) is 6.42 Å². The summed E-state index contributed by atoms with van der Waals surface area (Å²) in [5.41, 5.74) is 1.81. The lowest BCUT2D eigenvalue weighted by Crippen LogP contribution is -2.40. The largest absolute Gasteiger partial charge is 0.348 e. The molecule has 19 heavy (non-hydrogen) atoms. The molecule has 1 N–H and O–H groups in total. The highest BCUT2D eigenvalue weighted by atomic mass is 79.9. The number of hydrogen-bond donors (Lipinski definition) is 1. The Morgan fingerprint density at radius 2 is 2.05 bits per heavy atom. The van der Waals surface area contributed by atoms with Gasteiger partial charge in [0.2, 0.25) is 0 Å². The number of halogens is 2. The van der Waals surface area contributed by atoms with Crippen LogP contribution >= 0.6 is 27.5 Å². The lowest BCUT2D eigenvalue weighted by atomic mass is 10.1. The number of amides is 1. The highest BCUT2D eigenvalue weighted by Gasteiger charge is 2.24. The number of nitrogens with one attached hydrogen (secondary N) is 1. The molecule has 1 fully saturated rings. The van der Waals surface area contributed by atoms with Crippen molar-refractivity contribution < 1.29 is 4.79 Å². The average Bonchev–Trinajstić information content (AvgIpc) is 2.55. The van der Waals surface area contributed by atoms with Gasteiger partial charge in [-0.2, -0.15) is 0 Å². The topological polar surface area (TPSA) is 29.1 Å². The molecule has 2 rings (SSSR count). The molecule has 0 bridgehead atoms. The molecule has 1 aromatic carbocycles. The Hall–Kier alpha value is -0.540. The number of aryl methyl sites for hydroxylation is 1. The van der Waals surface area contributed by atoms with Crippen LogP contribution in [0.15, 0.2) is 22.7 Å². The Bertz CT molecular complexity index is 463. The summed E-state index contributed by atoms with van der Waals surface area (Å²) in [4.78, 5) is 12.3. The molecule has 0 aliphatic heterocycles. The molecule has 1 amide bonds. The molecule has 0 saturated heterocycles. The van der Waals surface area contributed by atoms with Crippen molar-refractivity contribution in [3.63, 3.8) is 0 Å². The minimum absolute atomic E-state index is 0.0376. The first kappa shape index (κ1) is 14.9. The van der Waals surface area contributed by atoms with Gasteiger partial charge in [-0.05, 0) is 53.4 Å². The molecular formula is C15H19BrClNO. The Balaban J connectivity index is 2.07. The zero-order valence-corrected chi connectivity index (χ0v) is 13.4. The van der Waals surface area contributed by atoms with E-state index in [2.05, 4.69) is 21.2 Å². The van der Waals surface area contributed by atoms with Gasteiger partial charge in [-0.15, -0.1) is 11.6 Å². The first-order valence-corrected chi connectivity index (χ1v) is 8.02. The van der Waals surface area contributed by atoms with Crippen molar-refractivity contribution in [2.75, 3.05) is 0 Å². The highest BCUT2D eigenvalue weighted by Crippen LogP contribution is 2.24. The fourth-order valence-corrected chi connectivity index (χ4v) is 3.49. The third kappa shape index (κ3) is 3.96. The van der Waals surface area contributed by atoms with Crippen LogP contribution in [0, 0.1) is 6.92 Å². The first-order valence-electron chi connectivity index (χ1n) is 6.79. The summed E-state index contributed by atoms with van der Waals surface area (Å²) in [6, 6.07) is 5.85. The lowest BCUT2D eigenvalue weighted by molar-refractivity contribution is 0.0933. The van der Waals surface area contributed by atoms with Gasteiger partial charge in [-0.1, -0.05) is 25.3 Å². The van der Waals surface area contributed by atoms with Gasteiger partial charge in [-0.3, -0.25) is 4.79 Å². The van der Waals surface area contributed by atoms with Crippen molar-refractivity contribution in [1.29, 1.82) is 0 Å². The van der Waals surface area contributed by atoms with Crippen molar-refractivity contribution >= 4 is 33.4 Å². The van der Waals surface area contributed by atoms with Gasteiger partial charge < -0.3 is 5.32 Å². The molecule has 4 heteroatoms. The van der Waals surface area contributed by atoms with Crippen LogP contribution in [0.3, 0.4) is 0 Å². The van der Waals surface area contributed by atoms with E-state index < -0.39 is 0 Å². The third-order valence-electron chi connectivity index (χ3n) is 3.62. The number of hydrogen-bond acceptors (Lipinski definition) is 1. The number of benzene rings is 1. The maximum atomic E-state index is 12.3. The first-order chi connectivity index (χ1) is 9.08. The SMILES string of the molecule is Cc1ccc(C(=O)NC2CCCCCC2Cl)c(Br)c1. The molecule has 2 nitrogen and oxygen atoms in total. The standard InChI is InChI=1S/C15H19BrClNO/c1-10-7-8-11(12(16)9-10)15(19)18-14-6-4-2-3-5-13(14)17/h7-9,13-14H,2-6H2,1H3,(H,18,19). The summed E-state index contributed by atoms with van der Waals surface area (Å²) in [5, 5.41) is 3.14. The molecule has 1 aliphatic rings. The van der Waals surface area contributed by atoms with E-state index in [0.717, 1.165) is 35.7 Å². The fourth-order valence-electron chi connectivity index (χ4n) is 2.48. The van der Waals surface area contributed by atoms with Gasteiger partial charge in [-0.25, -0.2) is 0 Å². The van der Waals surface area contributed by atoms with Crippen molar-refractivity contribution in [3.05, 3.63) is 33.8 Å². The van der Waals surface area contributed by atoms with Crippen LogP contribution in [0.5, 0.6) is 0 Å². The van der Waals surface area contributed by atoms with Crippen LogP contribution in [-0.4, -0.2) is 17.3 Å². The fraction of sp³-hybridized carbons (Fsp3) is 0.533. The van der Waals surface area contributed by atoms with E-state index in [0.29, 0.717) is 5.56 Å². The highest BCUT2D eigenvalue weighted by molar-refractivity contribution is 9.10. The average molecular weight is 345 g/mol. The van der Waals surface area contributed by atoms with Crippen LogP contribution in [-0.2, 0) is 0 Å². The molecule has 104 valence electrons. The maximum absolute atomic E-state index is 12.3.